The Morgan fingerprint density at radius 3 is 2.64 bits per heavy atom. The summed E-state index contributed by atoms with van der Waals surface area (Å²) in [7, 11) is 1.79. The Bertz CT molecular complexity index is 338. The van der Waals surface area contributed by atoms with E-state index in [1.807, 2.05) is 12.1 Å². The monoisotopic (exact) mass is 191 g/mol. The lowest BCUT2D eigenvalue weighted by molar-refractivity contribution is -0.128. The first-order valence-corrected chi connectivity index (χ1v) is 4.62. The highest BCUT2D eigenvalue weighted by Crippen LogP contribution is 2.29. The fourth-order valence-electron chi connectivity index (χ4n) is 1.86. The van der Waals surface area contributed by atoms with Gasteiger partial charge in [-0.25, -0.2) is 0 Å². The first-order valence-electron chi connectivity index (χ1n) is 4.62. The Balaban J connectivity index is 2.26. The number of hydrogen-bond acceptors (Lipinski definition) is 3. The third kappa shape index (κ3) is 1.37. The zero-order valence-corrected chi connectivity index (χ0v) is 8.05. The van der Waals surface area contributed by atoms with Gasteiger partial charge in [0.05, 0.1) is 12.1 Å². The Morgan fingerprint density at radius 1 is 1.50 bits per heavy atom. The van der Waals surface area contributed by atoms with Gasteiger partial charge < -0.3 is 10.6 Å². The Labute approximate surface area is 82.7 Å². The number of carbonyl (C=O) groups excluding carboxylic acids is 1. The number of amides is 1. The van der Waals surface area contributed by atoms with E-state index in [2.05, 4.69) is 4.98 Å². The molecule has 2 heterocycles. The minimum absolute atomic E-state index is 0.0202. The first kappa shape index (κ1) is 9.15. The predicted octanol–water partition coefficient (Wildman–Crippen LogP) is 0.312. The van der Waals surface area contributed by atoms with Crippen LogP contribution in [0, 0.1) is 0 Å². The van der Waals surface area contributed by atoms with Crippen molar-refractivity contribution in [2.45, 2.75) is 18.5 Å². The molecule has 74 valence electrons. The van der Waals surface area contributed by atoms with Crippen LogP contribution in [0.4, 0.5) is 0 Å². The van der Waals surface area contributed by atoms with Crippen molar-refractivity contribution in [1.29, 1.82) is 0 Å². The van der Waals surface area contributed by atoms with Gasteiger partial charge in [-0.3, -0.25) is 9.78 Å². The van der Waals surface area contributed by atoms with Crippen LogP contribution in [0.3, 0.4) is 0 Å². The minimum atomic E-state index is -0.349. The van der Waals surface area contributed by atoms with Crippen molar-refractivity contribution in [3.8, 4) is 0 Å². The first-order chi connectivity index (χ1) is 6.70. The molecule has 0 bridgehead atoms. The molecule has 0 aromatic carbocycles. The van der Waals surface area contributed by atoms with Crippen molar-refractivity contribution in [1.82, 2.24) is 9.88 Å². The Morgan fingerprint density at radius 2 is 2.14 bits per heavy atom. The van der Waals surface area contributed by atoms with E-state index < -0.39 is 0 Å². The molecule has 0 radical (unpaired) electrons. The summed E-state index contributed by atoms with van der Waals surface area (Å²) < 4.78 is 0. The molecule has 14 heavy (non-hydrogen) atoms. The Kier molecular flexibility index (Phi) is 2.21. The van der Waals surface area contributed by atoms with Crippen molar-refractivity contribution in [2.24, 2.45) is 5.73 Å². The van der Waals surface area contributed by atoms with Gasteiger partial charge in [0, 0.05) is 19.4 Å². The van der Waals surface area contributed by atoms with E-state index in [0.717, 1.165) is 5.56 Å². The molecule has 1 saturated heterocycles. The lowest BCUT2D eigenvalue weighted by atomic mass is 10.1. The zero-order chi connectivity index (χ0) is 10.1. The maximum Gasteiger partial charge on any atom is 0.239 e. The highest BCUT2D eigenvalue weighted by molar-refractivity contribution is 5.84. The van der Waals surface area contributed by atoms with Gasteiger partial charge in [-0.15, -0.1) is 0 Å². The SMILES string of the molecule is CN1C(=O)[C@@H](N)C[C@@H]1c1ccncc1. The van der Waals surface area contributed by atoms with Crippen LogP contribution in [0.15, 0.2) is 24.5 Å². The van der Waals surface area contributed by atoms with Crippen molar-refractivity contribution in [2.75, 3.05) is 7.05 Å². The summed E-state index contributed by atoms with van der Waals surface area (Å²) in [6.45, 7) is 0. The van der Waals surface area contributed by atoms with Gasteiger partial charge in [-0.1, -0.05) is 0 Å². The van der Waals surface area contributed by atoms with E-state index in [-0.39, 0.29) is 18.0 Å². The molecule has 1 aromatic heterocycles. The molecule has 2 N–H and O–H groups in total. The largest absolute Gasteiger partial charge is 0.337 e. The number of nitrogens with two attached hydrogens (primary N) is 1. The second-order valence-corrected chi connectivity index (χ2v) is 3.59. The molecule has 0 unspecified atom stereocenters. The highest BCUT2D eigenvalue weighted by Gasteiger charge is 2.35. The van der Waals surface area contributed by atoms with E-state index in [1.165, 1.54) is 0 Å². The molecule has 2 atom stereocenters. The Hall–Kier alpha value is -1.42. The minimum Gasteiger partial charge on any atom is -0.337 e. The van der Waals surface area contributed by atoms with Crippen molar-refractivity contribution in [3.63, 3.8) is 0 Å². The van der Waals surface area contributed by atoms with Gasteiger partial charge in [0.1, 0.15) is 0 Å². The van der Waals surface area contributed by atoms with Gasteiger partial charge in [-0.2, -0.15) is 0 Å². The molecule has 0 aliphatic carbocycles. The van der Waals surface area contributed by atoms with Crippen LogP contribution in [0.2, 0.25) is 0 Å². The number of aromatic nitrogens is 1. The zero-order valence-electron chi connectivity index (χ0n) is 8.05. The average molecular weight is 191 g/mol. The predicted molar refractivity (Wildman–Crippen MR) is 52.3 cm³/mol. The van der Waals surface area contributed by atoms with E-state index >= 15 is 0 Å². The normalized spacial score (nSPS) is 27.0. The number of likely N-dealkylation sites (N-methyl/N-ethyl adjacent to an activating group) is 1. The van der Waals surface area contributed by atoms with E-state index in [1.54, 1.807) is 24.3 Å². The molecular weight excluding hydrogens is 178 g/mol. The van der Waals surface area contributed by atoms with Gasteiger partial charge in [-0.05, 0) is 24.1 Å². The van der Waals surface area contributed by atoms with Crippen LogP contribution in [-0.4, -0.2) is 28.9 Å². The quantitative estimate of drug-likeness (QED) is 0.695. The smallest absolute Gasteiger partial charge is 0.239 e. The van der Waals surface area contributed by atoms with Crippen LogP contribution in [-0.2, 0) is 4.79 Å². The molecule has 2 rings (SSSR count). The average Bonchev–Trinajstić information content (AvgIpc) is 2.47. The number of hydrogen-bond donors (Lipinski definition) is 1. The summed E-state index contributed by atoms with van der Waals surface area (Å²) in [5.74, 6) is 0.0202. The van der Waals surface area contributed by atoms with E-state index in [9.17, 15) is 4.79 Å². The van der Waals surface area contributed by atoms with Gasteiger partial charge in [0.25, 0.3) is 0 Å². The summed E-state index contributed by atoms with van der Waals surface area (Å²) in [5.41, 5.74) is 6.79. The van der Waals surface area contributed by atoms with Crippen LogP contribution in [0.5, 0.6) is 0 Å². The molecule has 0 saturated carbocycles. The number of likely N-dealkylation sites (tertiary alicyclic amines) is 1. The number of pyridine rings is 1. The van der Waals surface area contributed by atoms with Crippen molar-refractivity contribution in [3.05, 3.63) is 30.1 Å². The summed E-state index contributed by atoms with van der Waals surface area (Å²) in [6, 6.07) is 3.61. The maximum atomic E-state index is 11.5. The number of nitrogens with zero attached hydrogens (tertiary/aromatic N) is 2. The third-order valence-corrected chi connectivity index (χ3v) is 2.70. The maximum absolute atomic E-state index is 11.5. The summed E-state index contributed by atoms with van der Waals surface area (Å²) >= 11 is 0. The van der Waals surface area contributed by atoms with Gasteiger partial charge >= 0.3 is 0 Å². The fraction of sp³-hybridized carbons (Fsp3) is 0.400. The number of carbonyl (C=O) groups is 1. The summed E-state index contributed by atoms with van der Waals surface area (Å²) in [5, 5.41) is 0. The van der Waals surface area contributed by atoms with Crippen LogP contribution >= 0.6 is 0 Å². The molecule has 1 amide bonds. The second kappa shape index (κ2) is 3.38. The number of rotatable bonds is 1. The standard InChI is InChI=1S/C10H13N3O/c1-13-9(6-8(11)10(13)14)7-2-4-12-5-3-7/h2-5,8-9H,6,11H2,1H3/t8-,9+/m0/s1. The van der Waals surface area contributed by atoms with Crippen molar-refractivity contribution >= 4 is 5.91 Å². The lowest BCUT2D eigenvalue weighted by Crippen LogP contribution is -2.31. The highest BCUT2D eigenvalue weighted by atomic mass is 16.2. The fourth-order valence-corrected chi connectivity index (χ4v) is 1.86. The van der Waals surface area contributed by atoms with E-state index in [4.69, 9.17) is 5.73 Å². The summed E-state index contributed by atoms with van der Waals surface area (Å²) in [6.07, 6.45) is 4.16. The molecule has 0 spiro atoms. The van der Waals surface area contributed by atoms with Crippen LogP contribution in [0.25, 0.3) is 0 Å². The molecule has 1 fully saturated rings. The van der Waals surface area contributed by atoms with Crippen molar-refractivity contribution < 1.29 is 4.79 Å². The molecular formula is C10H13N3O. The van der Waals surface area contributed by atoms with E-state index in [0.29, 0.717) is 6.42 Å². The third-order valence-electron chi connectivity index (χ3n) is 2.70. The topological polar surface area (TPSA) is 59.2 Å². The second-order valence-electron chi connectivity index (χ2n) is 3.59. The molecule has 1 aliphatic rings. The lowest BCUT2D eigenvalue weighted by Gasteiger charge is -2.19. The summed E-state index contributed by atoms with van der Waals surface area (Å²) in [4.78, 5) is 17.1. The van der Waals surface area contributed by atoms with Crippen LogP contribution < -0.4 is 5.73 Å². The molecule has 4 nitrogen and oxygen atoms in total. The van der Waals surface area contributed by atoms with Gasteiger partial charge in [0.2, 0.25) is 5.91 Å². The molecule has 1 aliphatic heterocycles. The van der Waals surface area contributed by atoms with Gasteiger partial charge in [0.15, 0.2) is 0 Å². The van der Waals surface area contributed by atoms with Crippen LogP contribution in [0.1, 0.15) is 18.0 Å². The molecule has 1 aromatic rings. The molecule has 4 heteroatoms.